The molecule has 0 aromatic heterocycles. The second kappa shape index (κ2) is 5.09. The number of esters is 1. The van der Waals surface area contributed by atoms with Crippen LogP contribution in [0.15, 0.2) is 12.2 Å². The first-order chi connectivity index (χ1) is 8.49. The van der Waals surface area contributed by atoms with Crippen LogP contribution >= 0.6 is 0 Å². The molecule has 110 valence electrons. The summed E-state index contributed by atoms with van der Waals surface area (Å²) in [5.74, 6) is -11.3. The van der Waals surface area contributed by atoms with Crippen molar-refractivity contribution in [3.05, 3.63) is 12.2 Å². The third-order valence-corrected chi connectivity index (χ3v) is 2.47. The van der Waals surface area contributed by atoms with Crippen molar-refractivity contribution in [1.82, 2.24) is 0 Å². The van der Waals surface area contributed by atoms with E-state index in [-0.39, 0.29) is 5.57 Å². The highest BCUT2D eigenvalue weighted by atomic mass is 19.3. The van der Waals surface area contributed by atoms with Gasteiger partial charge < -0.3 is 14.2 Å². The smallest absolute Gasteiger partial charge is 0.335 e. The van der Waals surface area contributed by atoms with Crippen LogP contribution in [0, 0.1) is 0 Å². The molecule has 0 aromatic carbocycles. The number of halogens is 4. The third-order valence-electron chi connectivity index (χ3n) is 2.47. The minimum absolute atomic E-state index is 0.0767. The van der Waals surface area contributed by atoms with Crippen molar-refractivity contribution >= 4 is 5.97 Å². The molecule has 1 fully saturated rings. The van der Waals surface area contributed by atoms with Crippen LogP contribution in [0.5, 0.6) is 0 Å². The molecule has 0 bridgehead atoms. The van der Waals surface area contributed by atoms with E-state index in [0.29, 0.717) is 0 Å². The number of alkyl halides is 4. The summed E-state index contributed by atoms with van der Waals surface area (Å²) in [4.78, 5) is 11.1. The van der Waals surface area contributed by atoms with Crippen molar-refractivity contribution in [3.63, 3.8) is 0 Å². The van der Waals surface area contributed by atoms with Crippen molar-refractivity contribution in [2.75, 3.05) is 19.8 Å². The van der Waals surface area contributed by atoms with Crippen molar-refractivity contribution in [1.29, 1.82) is 0 Å². The van der Waals surface area contributed by atoms with Crippen molar-refractivity contribution in [2.24, 2.45) is 0 Å². The summed E-state index contributed by atoms with van der Waals surface area (Å²) >= 11 is 0. The van der Waals surface area contributed by atoms with Crippen LogP contribution in [0.2, 0.25) is 0 Å². The van der Waals surface area contributed by atoms with Crippen LogP contribution in [0.3, 0.4) is 0 Å². The van der Waals surface area contributed by atoms with E-state index < -0.39 is 43.4 Å². The van der Waals surface area contributed by atoms with Gasteiger partial charge in [0.15, 0.2) is 0 Å². The van der Waals surface area contributed by atoms with Gasteiger partial charge in [-0.2, -0.15) is 17.6 Å². The Labute approximate surface area is 107 Å². The number of carbonyl (C=O) groups is 1. The summed E-state index contributed by atoms with van der Waals surface area (Å²) in [6.45, 7) is 2.18. The highest BCUT2D eigenvalue weighted by Gasteiger charge is 2.60. The number of carbonyl (C=O) groups excluding carboxylic acids is 1. The fourth-order valence-electron chi connectivity index (χ4n) is 1.14. The Morgan fingerprint density at radius 3 is 2.00 bits per heavy atom. The third kappa shape index (κ3) is 3.66. The second-order valence-corrected chi connectivity index (χ2v) is 4.48. The lowest BCUT2D eigenvalue weighted by Crippen LogP contribution is -2.45. The molecule has 8 heteroatoms. The van der Waals surface area contributed by atoms with E-state index in [1.165, 1.54) is 6.92 Å². The highest BCUT2D eigenvalue weighted by Crippen LogP contribution is 2.39. The molecule has 0 aliphatic carbocycles. The molecular weight excluding hydrogens is 272 g/mol. The van der Waals surface area contributed by atoms with E-state index in [1.807, 2.05) is 0 Å². The number of rotatable bonds is 3. The quantitative estimate of drug-likeness (QED) is 0.453. The lowest BCUT2D eigenvalue weighted by molar-refractivity contribution is -0.246. The van der Waals surface area contributed by atoms with Gasteiger partial charge in [-0.25, -0.2) is 4.79 Å². The van der Waals surface area contributed by atoms with Crippen molar-refractivity contribution < 1.29 is 36.6 Å². The molecule has 19 heavy (non-hydrogen) atoms. The Morgan fingerprint density at radius 2 is 1.63 bits per heavy atom. The summed E-state index contributed by atoms with van der Waals surface area (Å²) in [5, 5.41) is 0. The summed E-state index contributed by atoms with van der Waals surface area (Å²) < 4.78 is 66.0. The Morgan fingerprint density at radius 1 is 1.21 bits per heavy atom. The van der Waals surface area contributed by atoms with E-state index in [2.05, 4.69) is 20.8 Å². The molecule has 0 unspecified atom stereocenters. The minimum Gasteiger partial charge on any atom is -0.457 e. The fourth-order valence-corrected chi connectivity index (χ4v) is 1.14. The van der Waals surface area contributed by atoms with Crippen LogP contribution < -0.4 is 0 Å². The van der Waals surface area contributed by atoms with Crippen molar-refractivity contribution in [3.8, 4) is 0 Å². The average molecular weight is 286 g/mol. The molecule has 1 aliphatic rings. The highest BCUT2D eigenvalue weighted by molar-refractivity contribution is 5.86. The topological polar surface area (TPSA) is 44.8 Å². The van der Waals surface area contributed by atoms with Gasteiger partial charge in [-0.3, -0.25) is 0 Å². The first-order valence-corrected chi connectivity index (χ1v) is 5.35. The van der Waals surface area contributed by atoms with Gasteiger partial charge in [0.2, 0.25) is 5.79 Å². The van der Waals surface area contributed by atoms with Gasteiger partial charge in [0, 0.05) is 5.57 Å². The summed E-state index contributed by atoms with van der Waals surface area (Å²) in [6.07, 6.45) is 0. The molecule has 1 aliphatic heterocycles. The standard InChI is InChI=1S/C11H14F4O4/c1-7(2)8(16)17-4-9(3)18-5-10(12,13)11(14,15)6-19-9/h1,4-6H2,2-3H3. The van der Waals surface area contributed by atoms with Gasteiger partial charge in [0.25, 0.3) is 0 Å². The maximum absolute atomic E-state index is 13.0. The molecule has 0 amide bonds. The predicted octanol–water partition coefficient (Wildman–Crippen LogP) is 2.14. The molecule has 1 saturated heterocycles. The molecule has 4 nitrogen and oxygen atoms in total. The zero-order valence-corrected chi connectivity index (χ0v) is 10.5. The number of hydrogen-bond acceptors (Lipinski definition) is 4. The SMILES string of the molecule is C=C(C)C(=O)OCC1(C)OCC(F)(F)C(F)(F)CO1. The molecular formula is C11H14F4O4. The molecule has 0 atom stereocenters. The molecule has 1 rings (SSSR count). The van der Waals surface area contributed by atoms with E-state index in [0.717, 1.165) is 6.92 Å². The van der Waals surface area contributed by atoms with E-state index in [9.17, 15) is 22.4 Å². The molecule has 0 saturated carbocycles. The average Bonchev–Trinajstić information content (AvgIpc) is 2.38. The maximum atomic E-state index is 13.0. The van der Waals surface area contributed by atoms with Gasteiger partial charge in [-0.15, -0.1) is 0 Å². The van der Waals surface area contributed by atoms with E-state index in [1.54, 1.807) is 0 Å². The Kier molecular flexibility index (Phi) is 4.26. The minimum atomic E-state index is -4.34. The van der Waals surface area contributed by atoms with E-state index >= 15 is 0 Å². The van der Waals surface area contributed by atoms with Crippen LogP contribution in [0.4, 0.5) is 17.6 Å². The zero-order valence-electron chi connectivity index (χ0n) is 10.5. The lowest BCUT2D eigenvalue weighted by atomic mass is 10.2. The molecule has 1 heterocycles. The normalized spacial score (nSPS) is 24.3. The summed E-state index contributed by atoms with van der Waals surface area (Å²) in [7, 11) is 0. The second-order valence-electron chi connectivity index (χ2n) is 4.48. The van der Waals surface area contributed by atoms with Crippen LogP contribution in [-0.4, -0.2) is 43.4 Å². The molecule has 0 aromatic rings. The molecule has 0 radical (unpaired) electrons. The Hall–Kier alpha value is -1.15. The number of hydrogen-bond donors (Lipinski definition) is 0. The molecule has 0 spiro atoms. The van der Waals surface area contributed by atoms with Crippen LogP contribution in [0.25, 0.3) is 0 Å². The van der Waals surface area contributed by atoms with Gasteiger partial charge in [-0.05, 0) is 13.8 Å². The Balaban J connectivity index is 2.70. The summed E-state index contributed by atoms with van der Waals surface area (Å²) in [5.41, 5.74) is 0.0767. The monoisotopic (exact) mass is 286 g/mol. The van der Waals surface area contributed by atoms with Crippen LogP contribution in [-0.2, 0) is 19.0 Å². The van der Waals surface area contributed by atoms with Gasteiger partial charge in [0.05, 0.1) is 0 Å². The zero-order chi connectivity index (χ0) is 14.9. The van der Waals surface area contributed by atoms with Gasteiger partial charge in [0.1, 0.15) is 19.8 Å². The summed E-state index contributed by atoms with van der Waals surface area (Å²) in [6, 6.07) is 0. The van der Waals surface area contributed by atoms with E-state index in [4.69, 9.17) is 0 Å². The Bertz CT molecular complexity index is 363. The predicted molar refractivity (Wildman–Crippen MR) is 56.0 cm³/mol. The maximum Gasteiger partial charge on any atom is 0.335 e. The van der Waals surface area contributed by atoms with Gasteiger partial charge in [-0.1, -0.05) is 6.58 Å². The largest absolute Gasteiger partial charge is 0.457 e. The van der Waals surface area contributed by atoms with Gasteiger partial charge >= 0.3 is 17.8 Å². The fraction of sp³-hybridized carbons (Fsp3) is 0.727. The number of ether oxygens (including phenoxy) is 3. The van der Waals surface area contributed by atoms with Crippen molar-refractivity contribution in [2.45, 2.75) is 31.5 Å². The first-order valence-electron chi connectivity index (χ1n) is 5.35. The first kappa shape index (κ1) is 15.9. The molecule has 0 N–H and O–H groups in total. The van der Waals surface area contributed by atoms with Crippen LogP contribution in [0.1, 0.15) is 13.8 Å². The lowest BCUT2D eigenvalue weighted by Gasteiger charge is -2.27.